The van der Waals surface area contributed by atoms with Crippen molar-refractivity contribution in [1.29, 1.82) is 0 Å². The van der Waals surface area contributed by atoms with Crippen LogP contribution < -0.4 is 0 Å². The number of hydrogen-bond donors (Lipinski definition) is 0. The number of nitrogens with zero attached hydrogens (tertiary/aromatic N) is 2. The monoisotopic (exact) mass is 213 g/mol. The van der Waals surface area contributed by atoms with Gasteiger partial charge in [0.05, 0.1) is 5.38 Å². The molecule has 0 unspecified atom stereocenters. The predicted molar refractivity (Wildman–Crippen MR) is 62.9 cm³/mol. The first-order valence-corrected chi connectivity index (χ1v) is 5.53. The van der Waals surface area contributed by atoms with E-state index in [0.29, 0.717) is 0 Å². The first kappa shape index (κ1) is 8.68. The average Bonchev–Trinajstić information content (AvgIpc) is 2.88. The van der Waals surface area contributed by atoms with Gasteiger partial charge in [-0.1, -0.05) is 0 Å². The van der Waals surface area contributed by atoms with Crippen molar-refractivity contribution in [3.05, 3.63) is 42.0 Å². The van der Waals surface area contributed by atoms with Gasteiger partial charge in [0, 0.05) is 35.9 Å². The Kier molecular flexibility index (Phi) is 1.86. The van der Waals surface area contributed by atoms with Crippen LogP contribution in [0.5, 0.6) is 0 Å². The Hall–Kier alpha value is -1.61. The molecule has 0 saturated carbocycles. The smallest absolute Gasteiger partial charge is 0.123 e. The van der Waals surface area contributed by atoms with Gasteiger partial charge in [0.25, 0.3) is 0 Å². The van der Waals surface area contributed by atoms with Gasteiger partial charge in [0.2, 0.25) is 0 Å². The molecule has 0 bridgehead atoms. The van der Waals surface area contributed by atoms with Crippen LogP contribution in [0.3, 0.4) is 0 Å². The van der Waals surface area contributed by atoms with Crippen LogP contribution in [0.15, 0.2) is 36.7 Å². The highest BCUT2D eigenvalue weighted by Crippen LogP contribution is 2.25. The zero-order valence-corrected chi connectivity index (χ0v) is 9.08. The Balaban J connectivity index is 2.23. The number of aromatic nitrogens is 2. The topological polar surface area (TPSA) is 17.8 Å². The zero-order chi connectivity index (χ0) is 10.3. The molecule has 1 aromatic carbocycles. The molecule has 0 fully saturated rings. The molecule has 3 rings (SSSR count). The van der Waals surface area contributed by atoms with Gasteiger partial charge in [-0.3, -0.25) is 0 Å². The van der Waals surface area contributed by atoms with Crippen LogP contribution in [0.2, 0.25) is 0 Å². The van der Waals surface area contributed by atoms with Gasteiger partial charge in [0.15, 0.2) is 0 Å². The number of fused-ring (bicyclic) bond motifs is 1. The predicted octanol–water partition coefficient (Wildman–Crippen LogP) is 3.10. The van der Waals surface area contributed by atoms with Crippen LogP contribution in [0.4, 0.5) is 0 Å². The molecule has 0 saturated heterocycles. The van der Waals surface area contributed by atoms with Gasteiger partial charge in [-0.25, -0.2) is 4.98 Å². The van der Waals surface area contributed by atoms with Gasteiger partial charge < -0.3 is 4.57 Å². The summed E-state index contributed by atoms with van der Waals surface area (Å²) in [5.41, 5.74) is 2.42. The summed E-state index contributed by atoms with van der Waals surface area (Å²) in [6.45, 7) is 0. The van der Waals surface area contributed by atoms with E-state index in [1.54, 1.807) is 17.5 Å². The maximum Gasteiger partial charge on any atom is 0.123 e. The molecule has 2 heterocycles. The van der Waals surface area contributed by atoms with Crippen molar-refractivity contribution < 1.29 is 0 Å². The number of aryl methyl sites for hydroxylation is 1. The molecule has 3 aromatic rings. The summed E-state index contributed by atoms with van der Waals surface area (Å²) in [6.07, 6.45) is 3.79. The summed E-state index contributed by atoms with van der Waals surface area (Å²) >= 11 is 1.55. The lowest BCUT2D eigenvalue weighted by Crippen LogP contribution is -1.83. The Morgan fingerprint density at radius 2 is 2.27 bits per heavy atom. The van der Waals surface area contributed by atoms with Crippen molar-refractivity contribution in [3.63, 3.8) is 0 Å². The second-order valence-electron chi connectivity index (χ2n) is 3.48. The lowest BCUT2D eigenvalue weighted by atomic mass is 10.2. The highest BCUT2D eigenvalue weighted by Gasteiger charge is 2.03. The molecule has 0 aliphatic rings. The number of thiazole rings is 1. The van der Waals surface area contributed by atoms with Gasteiger partial charge in [-0.2, -0.15) is 0 Å². The zero-order valence-electron chi connectivity index (χ0n) is 8.27. The summed E-state index contributed by atoms with van der Waals surface area (Å²) in [4.78, 5) is 4.26. The lowest BCUT2D eigenvalue weighted by molar-refractivity contribution is 0.969. The van der Waals surface area contributed by atoms with E-state index >= 15 is 0 Å². The number of hydrogen-bond acceptors (Lipinski definition) is 2. The fourth-order valence-corrected chi connectivity index (χ4v) is 2.31. The second-order valence-corrected chi connectivity index (χ2v) is 4.31. The minimum atomic E-state index is 1.03. The van der Waals surface area contributed by atoms with Crippen LogP contribution in [0.25, 0.3) is 21.5 Å². The molecular weight excluding hydrogens is 204 g/mol. The molecular formula is C12H9N2S. The van der Waals surface area contributed by atoms with Crippen molar-refractivity contribution in [3.8, 4) is 10.6 Å². The number of benzene rings is 1. The van der Waals surface area contributed by atoms with Crippen LogP contribution in [0, 0.1) is 5.38 Å². The summed E-state index contributed by atoms with van der Waals surface area (Å²) in [7, 11) is 2.05. The second kappa shape index (κ2) is 3.21. The minimum Gasteiger partial charge on any atom is -0.351 e. The Morgan fingerprint density at radius 1 is 1.33 bits per heavy atom. The maximum absolute atomic E-state index is 4.26. The van der Waals surface area contributed by atoms with Gasteiger partial charge in [-0.05, 0) is 24.3 Å². The van der Waals surface area contributed by atoms with E-state index in [0.717, 1.165) is 5.01 Å². The Morgan fingerprint density at radius 3 is 3.07 bits per heavy atom. The van der Waals surface area contributed by atoms with Crippen LogP contribution in [0.1, 0.15) is 0 Å². The average molecular weight is 213 g/mol. The SMILES string of the molecule is Cn1ccc2cc(-c3nc[c]s3)ccc21. The van der Waals surface area contributed by atoms with Crippen molar-refractivity contribution >= 4 is 22.2 Å². The third-order valence-corrected chi connectivity index (χ3v) is 3.28. The maximum atomic E-state index is 4.26. The molecule has 0 atom stereocenters. The molecule has 0 aliphatic carbocycles. The van der Waals surface area contributed by atoms with Crippen molar-refractivity contribution in [2.24, 2.45) is 7.05 Å². The Labute approximate surface area is 91.8 Å². The van der Waals surface area contributed by atoms with Crippen molar-refractivity contribution in [1.82, 2.24) is 9.55 Å². The van der Waals surface area contributed by atoms with Crippen LogP contribution in [-0.4, -0.2) is 9.55 Å². The molecule has 0 spiro atoms. The summed E-state index contributed by atoms with van der Waals surface area (Å²) in [5, 5.41) is 5.29. The third kappa shape index (κ3) is 1.36. The fraction of sp³-hybridized carbons (Fsp3) is 0.0833. The summed E-state index contributed by atoms with van der Waals surface area (Å²) in [6, 6.07) is 8.53. The summed E-state index contributed by atoms with van der Waals surface area (Å²) in [5.74, 6) is 0. The molecule has 0 aliphatic heterocycles. The van der Waals surface area contributed by atoms with Gasteiger partial charge >= 0.3 is 0 Å². The molecule has 0 N–H and O–H groups in total. The Bertz CT molecular complexity index is 593. The van der Waals surface area contributed by atoms with Crippen LogP contribution in [-0.2, 0) is 7.05 Å². The standard InChI is InChI=1S/C12H9N2S/c1-14-6-4-9-8-10(2-3-11(9)14)12-13-5-7-15-12/h2-6,8H,1H3. The molecule has 15 heavy (non-hydrogen) atoms. The van der Waals surface area contributed by atoms with E-state index in [2.05, 4.69) is 52.4 Å². The van der Waals surface area contributed by atoms with Crippen molar-refractivity contribution in [2.75, 3.05) is 0 Å². The van der Waals surface area contributed by atoms with E-state index in [1.165, 1.54) is 16.5 Å². The van der Waals surface area contributed by atoms with Gasteiger partial charge in [-0.15, -0.1) is 11.3 Å². The van der Waals surface area contributed by atoms with E-state index in [4.69, 9.17) is 0 Å². The largest absolute Gasteiger partial charge is 0.351 e. The molecule has 2 nitrogen and oxygen atoms in total. The molecule has 0 amide bonds. The van der Waals surface area contributed by atoms with E-state index in [1.807, 2.05) is 0 Å². The van der Waals surface area contributed by atoms with Crippen molar-refractivity contribution in [2.45, 2.75) is 0 Å². The van der Waals surface area contributed by atoms with E-state index in [9.17, 15) is 0 Å². The lowest BCUT2D eigenvalue weighted by Gasteiger charge is -1.98. The molecule has 3 heteroatoms. The van der Waals surface area contributed by atoms with E-state index < -0.39 is 0 Å². The molecule has 73 valence electrons. The quantitative estimate of drug-likeness (QED) is 0.607. The highest BCUT2D eigenvalue weighted by molar-refractivity contribution is 7.12. The summed E-state index contributed by atoms with van der Waals surface area (Å²) < 4.78 is 2.12. The molecule has 2 aromatic heterocycles. The normalized spacial score (nSPS) is 11.0. The minimum absolute atomic E-state index is 1.03. The molecule has 1 radical (unpaired) electrons. The number of rotatable bonds is 1. The van der Waals surface area contributed by atoms with Gasteiger partial charge in [0.1, 0.15) is 5.01 Å². The van der Waals surface area contributed by atoms with Crippen LogP contribution >= 0.6 is 11.3 Å². The van der Waals surface area contributed by atoms with E-state index in [-0.39, 0.29) is 0 Å². The first-order chi connectivity index (χ1) is 7.34. The fourth-order valence-electron chi connectivity index (χ4n) is 1.74. The first-order valence-electron chi connectivity index (χ1n) is 4.72. The third-order valence-electron chi connectivity index (χ3n) is 2.52. The highest BCUT2D eigenvalue weighted by atomic mass is 32.1.